The molecular weight excluding hydrogens is 278 g/mol. The zero-order valence-electron chi connectivity index (χ0n) is 12.5. The highest BCUT2D eigenvalue weighted by molar-refractivity contribution is 5.55. The fourth-order valence-electron chi connectivity index (χ4n) is 2.03. The molecule has 112 valence electrons. The Hall–Kier alpha value is -2.82. The number of aromatic nitrogens is 2. The third-order valence-corrected chi connectivity index (χ3v) is 3.31. The van der Waals surface area contributed by atoms with Crippen molar-refractivity contribution in [2.24, 2.45) is 0 Å². The SMILES string of the molecule is COc1ccc(-c2noc(CNc3ccc(C)cc3)n2)cc1. The number of ether oxygens (including phenoxy) is 1. The second-order valence-corrected chi connectivity index (χ2v) is 4.96. The van der Waals surface area contributed by atoms with Crippen LogP contribution in [0.2, 0.25) is 0 Å². The molecule has 22 heavy (non-hydrogen) atoms. The van der Waals surface area contributed by atoms with E-state index >= 15 is 0 Å². The standard InChI is InChI=1S/C17H17N3O2/c1-12-3-7-14(8-4-12)18-11-16-19-17(20-22-16)13-5-9-15(21-2)10-6-13/h3-10,18H,11H2,1-2H3. The van der Waals surface area contributed by atoms with E-state index in [1.54, 1.807) is 7.11 Å². The van der Waals surface area contributed by atoms with Gasteiger partial charge in [-0.2, -0.15) is 4.98 Å². The number of benzene rings is 2. The monoisotopic (exact) mass is 295 g/mol. The normalized spacial score (nSPS) is 10.5. The lowest BCUT2D eigenvalue weighted by Crippen LogP contribution is -1.99. The third kappa shape index (κ3) is 3.25. The van der Waals surface area contributed by atoms with Crippen molar-refractivity contribution in [1.82, 2.24) is 10.1 Å². The van der Waals surface area contributed by atoms with Gasteiger partial charge in [0.25, 0.3) is 0 Å². The molecule has 0 bridgehead atoms. The van der Waals surface area contributed by atoms with Gasteiger partial charge in [-0.05, 0) is 43.3 Å². The highest BCUT2D eigenvalue weighted by Gasteiger charge is 2.08. The van der Waals surface area contributed by atoms with Crippen molar-refractivity contribution in [1.29, 1.82) is 0 Å². The van der Waals surface area contributed by atoms with Crippen LogP contribution in [0.5, 0.6) is 5.75 Å². The number of hydrogen-bond acceptors (Lipinski definition) is 5. The average molecular weight is 295 g/mol. The van der Waals surface area contributed by atoms with Crippen LogP contribution in [0.4, 0.5) is 5.69 Å². The van der Waals surface area contributed by atoms with E-state index in [1.807, 2.05) is 36.4 Å². The molecule has 3 aromatic rings. The summed E-state index contributed by atoms with van der Waals surface area (Å²) in [7, 11) is 1.64. The minimum atomic E-state index is 0.492. The van der Waals surface area contributed by atoms with E-state index in [1.165, 1.54) is 5.56 Å². The molecule has 1 heterocycles. The molecule has 1 N–H and O–H groups in total. The molecule has 3 rings (SSSR count). The Morgan fingerprint density at radius 3 is 2.45 bits per heavy atom. The Morgan fingerprint density at radius 1 is 1.05 bits per heavy atom. The predicted molar refractivity (Wildman–Crippen MR) is 84.8 cm³/mol. The van der Waals surface area contributed by atoms with E-state index in [0.717, 1.165) is 17.0 Å². The van der Waals surface area contributed by atoms with Crippen molar-refractivity contribution >= 4 is 5.69 Å². The summed E-state index contributed by atoms with van der Waals surface area (Å²) in [5.41, 5.74) is 3.14. The Balaban J connectivity index is 1.66. The minimum Gasteiger partial charge on any atom is -0.497 e. The van der Waals surface area contributed by atoms with Gasteiger partial charge in [-0.25, -0.2) is 0 Å². The molecular formula is C17H17N3O2. The summed E-state index contributed by atoms with van der Waals surface area (Å²) in [4.78, 5) is 4.39. The topological polar surface area (TPSA) is 60.2 Å². The second kappa shape index (κ2) is 6.30. The van der Waals surface area contributed by atoms with Crippen molar-refractivity contribution in [3.05, 3.63) is 60.0 Å². The maximum absolute atomic E-state index is 5.27. The maximum Gasteiger partial charge on any atom is 0.246 e. The summed E-state index contributed by atoms with van der Waals surface area (Å²) in [6, 6.07) is 15.7. The summed E-state index contributed by atoms with van der Waals surface area (Å²) in [6.45, 7) is 2.55. The molecule has 0 atom stereocenters. The van der Waals surface area contributed by atoms with Crippen molar-refractivity contribution < 1.29 is 9.26 Å². The van der Waals surface area contributed by atoms with Crippen LogP contribution in [0.1, 0.15) is 11.5 Å². The van der Waals surface area contributed by atoms with Gasteiger partial charge in [-0.3, -0.25) is 0 Å². The van der Waals surface area contributed by atoms with Gasteiger partial charge in [-0.15, -0.1) is 0 Å². The van der Waals surface area contributed by atoms with Gasteiger partial charge in [0, 0.05) is 11.3 Å². The van der Waals surface area contributed by atoms with E-state index in [2.05, 4.69) is 34.5 Å². The van der Waals surface area contributed by atoms with Crippen LogP contribution >= 0.6 is 0 Å². The van der Waals surface area contributed by atoms with Crippen LogP contribution in [-0.4, -0.2) is 17.3 Å². The first kappa shape index (κ1) is 14.1. The first-order chi connectivity index (χ1) is 10.7. The predicted octanol–water partition coefficient (Wildman–Crippen LogP) is 3.67. The maximum atomic E-state index is 5.27. The summed E-state index contributed by atoms with van der Waals surface area (Å²) < 4.78 is 10.4. The molecule has 0 fully saturated rings. The lowest BCUT2D eigenvalue weighted by molar-refractivity contribution is 0.384. The molecule has 2 aromatic carbocycles. The van der Waals surface area contributed by atoms with E-state index in [-0.39, 0.29) is 0 Å². The quantitative estimate of drug-likeness (QED) is 0.778. The first-order valence-electron chi connectivity index (χ1n) is 7.02. The second-order valence-electron chi connectivity index (χ2n) is 4.96. The van der Waals surface area contributed by atoms with E-state index in [9.17, 15) is 0 Å². The zero-order valence-corrected chi connectivity index (χ0v) is 12.5. The first-order valence-corrected chi connectivity index (χ1v) is 7.02. The lowest BCUT2D eigenvalue weighted by Gasteiger charge is -2.02. The van der Waals surface area contributed by atoms with Gasteiger partial charge >= 0.3 is 0 Å². The average Bonchev–Trinajstić information content (AvgIpc) is 3.03. The molecule has 5 nitrogen and oxygen atoms in total. The molecule has 1 aromatic heterocycles. The van der Waals surface area contributed by atoms with E-state index < -0.39 is 0 Å². The van der Waals surface area contributed by atoms with E-state index in [0.29, 0.717) is 18.3 Å². The van der Waals surface area contributed by atoms with Gasteiger partial charge in [0.2, 0.25) is 11.7 Å². The molecule has 0 saturated carbocycles. The van der Waals surface area contributed by atoms with Gasteiger partial charge in [-0.1, -0.05) is 22.9 Å². The highest BCUT2D eigenvalue weighted by atomic mass is 16.5. The number of rotatable bonds is 5. The van der Waals surface area contributed by atoms with Crippen molar-refractivity contribution in [3.63, 3.8) is 0 Å². The zero-order chi connectivity index (χ0) is 15.4. The van der Waals surface area contributed by atoms with Crippen LogP contribution in [0.3, 0.4) is 0 Å². The fourth-order valence-corrected chi connectivity index (χ4v) is 2.03. The Labute approximate surface area is 128 Å². The number of nitrogens with zero attached hydrogens (tertiary/aromatic N) is 2. The highest BCUT2D eigenvalue weighted by Crippen LogP contribution is 2.20. The molecule has 0 aliphatic carbocycles. The third-order valence-electron chi connectivity index (χ3n) is 3.31. The molecule has 0 aliphatic rings. The van der Waals surface area contributed by atoms with Crippen LogP contribution in [-0.2, 0) is 6.54 Å². The van der Waals surface area contributed by atoms with Crippen LogP contribution in [0, 0.1) is 6.92 Å². The molecule has 0 amide bonds. The molecule has 0 spiro atoms. The number of methoxy groups -OCH3 is 1. The Kier molecular flexibility index (Phi) is 4.05. The molecule has 0 saturated heterocycles. The fraction of sp³-hybridized carbons (Fsp3) is 0.176. The van der Waals surface area contributed by atoms with Crippen molar-refractivity contribution in [3.8, 4) is 17.1 Å². The number of aryl methyl sites for hydroxylation is 1. The number of hydrogen-bond donors (Lipinski definition) is 1. The van der Waals surface area contributed by atoms with Gasteiger partial charge in [0.05, 0.1) is 13.7 Å². The van der Waals surface area contributed by atoms with Crippen LogP contribution in [0.15, 0.2) is 53.1 Å². The lowest BCUT2D eigenvalue weighted by atomic mass is 10.2. The smallest absolute Gasteiger partial charge is 0.246 e. The van der Waals surface area contributed by atoms with Gasteiger partial charge < -0.3 is 14.6 Å². The van der Waals surface area contributed by atoms with Gasteiger partial charge in [0.15, 0.2) is 0 Å². The Bertz CT molecular complexity index is 733. The summed E-state index contributed by atoms with van der Waals surface area (Å²) in [5, 5.41) is 7.26. The summed E-state index contributed by atoms with van der Waals surface area (Å²) in [6.07, 6.45) is 0. The number of nitrogens with one attached hydrogen (secondary N) is 1. The van der Waals surface area contributed by atoms with E-state index in [4.69, 9.17) is 9.26 Å². The molecule has 0 aliphatic heterocycles. The molecule has 0 unspecified atom stereocenters. The summed E-state index contributed by atoms with van der Waals surface area (Å²) in [5.74, 6) is 1.92. The largest absolute Gasteiger partial charge is 0.497 e. The Morgan fingerprint density at radius 2 is 1.77 bits per heavy atom. The van der Waals surface area contributed by atoms with Gasteiger partial charge in [0.1, 0.15) is 5.75 Å². The molecule has 0 radical (unpaired) electrons. The summed E-state index contributed by atoms with van der Waals surface area (Å²) >= 11 is 0. The van der Waals surface area contributed by atoms with Crippen LogP contribution in [0.25, 0.3) is 11.4 Å². The minimum absolute atomic E-state index is 0.492. The van der Waals surface area contributed by atoms with Crippen molar-refractivity contribution in [2.45, 2.75) is 13.5 Å². The molecule has 5 heteroatoms. The van der Waals surface area contributed by atoms with Crippen molar-refractivity contribution in [2.75, 3.05) is 12.4 Å². The van der Waals surface area contributed by atoms with Crippen LogP contribution < -0.4 is 10.1 Å². The number of anilines is 1.